The minimum Gasteiger partial charge on any atom is -0.353 e. The van der Waals surface area contributed by atoms with Crippen LogP contribution in [0.15, 0.2) is 24.5 Å². The van der Waals surface area contributed by atoms with Crippen LogP contribution in [-0.4, -0.2) is 35.8 Å². The van der Waals surface area contributed by atoms with Gasteiger partial charge in [0, 0.05) is 18.5 Å². The van der Waals surface area contributed by atoms with E-state index in [-0.39, 0.29) is 0 Å². The van der Waals surface area contributed by atoms with Crippen molar-refractivity contribution < 1.29 is 13.5 Å². The number of halogens is 2. The van der Waals surface area contributed by atoms with Gasteiger partial charge in [0.25, 0.3) is 0 Å². The fraction of sp³-hybridized carbons (Fsp3) is 0.429. The largest absolute Gasteiger partial charge is 0.353 e. The number of ether oxygens (including phenoxy) is 1. The Morgan fingerprint density at radius 1 is 1.35 bits per heavy atom. The van der Waals surface area contributed by atoms with Crippen molar-refractivity contribution in [3.63, 3.8) is 0 Å². The standard InChI is InChI=1S/C14H15F2N3O/c1-9-3-2-4-11-12(9)17-8-18-13(11)19-6-5-10(7-19)20-14(15)16/h2-4,8,10,14H,5-7H2,1H3/t10-/m0/s1. The summed E-state index contributed by atoms with van der Waals surface area (Å²) < 4.78 is 29.1. The van der Waals surface area contributed by atoms with Crippen molar-refractivity contribution in [1.82, 2.24) is 9.97 Å². The Morgan fingerprint density at radius 2 is 2.20 bits per heavy atom. The van der Waals surface area contributed by atoms with Gasteiger partial charge in [-0.2, -0.15) is 8.78 Å². The first kappa shape index (κ1) is 13.2. The molecule has 0 radical (unpaired) electrons. The molecule has 2 heterocycles. The molecule has 1 aliphatic heterocycles. The van der Waals surface area contributed by atoms with E-state index in [0.29, 0.717) is 19.5 Å². The molecule has 2 aromatic rings. The van der Waals surface area contributed by atoms with E-state index >= 15 is 0 Å². The Hall–Kier alpha value is -1.82. The van der Waals surface area contributed by atoms with Crippen LogP contribution in [0.5, 0.6) is 0 Å². The third kappa shape index (κ3) is 2.43. The summed E-state index contributed by atoms with van der Waals surface area (Å²) in [5.74, 6) is 0.791. The lowest BCUT2D eigenvalue weighted by atomic mass is 10.1. The van der Waals surface area contributed by atoms with E-state index in [4.69, 9.17) is 0 Å². The number of hydrogen-bond donors (Lipinski definition) is 0. The molecule has 1 aromatic heterocycles. The number of benzene rings is 1. The van der Waals surface area contributed by atoms with Gasteiger partial charge in [-0.3, -0.25) is 0 Å². The number of anilines is 1. The van der Waals surface area contributed by atoms with Crippen molar-refractivity contribution in [2.24, 2.45) is 0 Å². The van der Waals surface area contributed by atoms with Gasteiger partial charge in [-0.15, -0.1) is 0 Å². The molecular formula is C14H15F2N3O. The first-order valence-electron chi connectivity index (χ1n) is 6.54. The molecule has 1 aliphatic rings. The molecular weight excluding hydrogens is 264 g/mol. The van der Waals surface area contributed by atoms with E-state index in [1.54, 1.807) is 0 Å². The maximum Gasteiger partial charge on any atom is 0.345 e. The summed E-state index contributed by atoms with van der Waals surface area (Å²) in [4.78, 5) is 10.6. The number of nitrogens with zero attached hydrogens (tertiary/aromatic N) is 3. The van der Waals surface area contributed by atoms with E-state index in [2.05, 4.69) is 14.7 Å². The van der Waals surface area contributed by atoms with Gasteiger partial charge in [-0.25, -0.2) is 9.97 Å². The van der Waals surface area contributed by atoms with Gasteiger partial charge in [0.05, 0.1) is 11.6 Å². The number of fused-ring (bicyclic) bond motifs is 1. The van der Waals surface area contributed by atoms with Gasteiger partial charge in [0.1, 0.15) is 12.1 Å². The van der Waals surface area contributed by atoms with E-state index in [1.807, 2.05) is 30.0 Å². The number of aryl methyl sites for hydroxylation is 1. The number of rotatable bonds is 3. The summed E-state index contributed by atoms with van der Waals surface area (Å²) in [6, 6.07) is 5.90. The van der Waals surface area contributed by atoms with Crippen LogP contribution in [0.4, 0.5) is 14.6 Å². The van der Waals surface area contributed by atoms with Gasteiger partial charge in [-0.1, -0.05) is 12.1 Å². The van der Waals surface area contributed by atoms with Gasteiger partial charge in [0.15, 0.2) is 0 Å². The highest BCUT2D eigenvalue weighted by Gasteiger charge is 2.27. The van der Waals surface area contributed by atoms with Gasteiger partial charge in [-0.05, 0) is 25.0 Å². The fourth-order valence-corrected chi connectivity index (χ4v) is 2.65. The maximum absolute atomic E-state index is 12.3. The molecule has 4 nitrogen and oxygen atoms in total. The van der Waals surface area contributed by atoms with Crippen molar-refractivity contribution in [2.75, 3.05) is 18.0 Å². The summed E-state index contributed by atoms with van der Waals surface area (Å²) in [6.07, 6.45) is 1.66. The molecule has 3 rings (SSSR count). The molecule has 1 fully saturated rings. The van der Waals surface area contributed by atoms with Crippen molar-refractivity contribution in [1.29, 1.82) is 0 Å². The maximum atomic E-state index is 12.3. The minimum absolute atomic E-state index is 0.435. The molecule has 0 spiro atoms. The van der Waals surface area contributed by atoms with E-state index in [9.17, 15) is 8.78 Å². The van der Waals surface area contributed by atoms with Crippen LogP contribution < -0.4 is 4.90 Å². The summed E-state index contributed by atoms with van der Waals surface area (Å²) in [5, 5.41) is 0.949. The lowest BCUT2D eigenvalue weighted by molar-refractivity contribution is -0.156. The predicted molar refractivity (Wildman–Crippen MR) is 72.0 cm³/mol. The molecule has 0 amide bonds. The van der Waals surface area contributed by atoms with Crippen LogP contribution in [0.2, 0.25) is 0 Å². The van der Waals surface area contributed by atoms with Gasteiger partial charge in [0.2, 0.25) is 0 Å². The highest BCUT2D eigenvalue weighted by atomic mass is 19.3. The Bertz CT molecular complexity index is 620. The first-order chi connectivity index (χ1) is 9.65. The Kier molecular flexibility index (Phi) is 3.48. The molecule has 0 aliphatic carbocycles. The molecule has 0 saturated carbocycles. The molecule has 0 bridgehead atoms. The quantitative estimate of drug-likeness (QED) is 0.866. The molecule has 6 heteroatoms. The second-order valence-electron chi connectivity index (χ2n) is 4.92. The average Bonchev–Trinajstić information content (AvgIpc) is 2.86. The minimum atomic E-state index is -2.72. The highest BCUT2D eigenvalue weighted by Crippen LogP contribution is 2.28. The van der Waals surface area contributed by atoms with E-state index < -0.39 is 12.7 Å². The third-order valence-corrected chi connectivity index (χ3v) is 3.59. The number of hydrogen-bond acceptors (Lipinski definition) is 4. The number of alkyl halides is 2. The molecule has 20 heavy (non-hydrogen) atoms. The molecule has 1 atom stereocenters. The van der Waals surface area contributed by atoms with Crippen LogP contribution in [0.3, 0.4) is 0 Å². The van der Waals surface area contributed by atoms with Gasteiger partial charge >= 0.3 is 6.61 Å². The summed E-state index contributed by atoms with van der Waals surface area (Å²) in [5.41, 5.74) is 1.97. The molecule has 1 saturated heterocycles. The molecule has 0 unspecified atom stereocenters. The molecule has 0 N–H and O–H groups in total. The fourth-order valence-electron chi connectivity index (χ4n) is 2.65. The summed E-state index contributed by atoms with van der Waals surface area (Å²) in [7, 11) is 0. The molecule has 106 valence electrons. The van der Waals surface area contributed by atoms with Crippen molar-refractivity contribution >= 4 is 16.7 Å². The second-order valence-corrected chi connectivity index (χ2v) is 4.92. The Labute approximate surface area is 115 Å². The predicted octanol–water partition coefficient (Wildman–Crippen LogP) is 2.76. The number of aromatic nitrogens is 2. The van der Waals surface area contributed by atoms with Crippen molar-refractivity contribution in [3.05, 3.63) is 30.1 Å². The van der Waals surface area contributed by atoms with Crippen LogP contribution >= 0.6 is 0 Å². The average molecular weight is 279 g/mol. The third-order valence-electron chi connectivity index (χ3n) is 3.59. The monoisotopic (exact) mass is 279 g/mol. The highest BCUT2D eigenvalue weighted by molar-refractivity contribution is 5.91. The zero-order chi connectivity index (χ0) is 14.1. The summed E-state index contributed by atoms with van der Waals surface area (Å²) in [6.45, 7) is 0.373. The number of para-hydroxylation sites is 1. The topological polar surface area (TPSA) is 38.2 Å². The normalized spacial score (nSPS) is 19.2. The zero-order valence-corrected chi connectivity index (χ0v) is 11.1. The lowest BCUT2D eigenvalue weighted by Gasteiger charge is -2.19. The van der Waals surface area contributed by atoms with Crippen LogP contribution in [0.1, 0.15) is 12.0 Å². The second kappa shape index (κ2) is 5.28. The first-order valence-corrected chi connectivity index (χ1v) is 6.54. The Balaban J connectivity index is 1.90. The smallest absolute Gasteiger partial charge is 0.345 e. The zero-order valence-electron chi connectivity index (χ0n) is 11.1. The lowest BCUT2D eigenvalue weighted by Crippen LogP contribution is -2.25. The van der Waals surface area contributed by atoms with E-state index in [1.165, 1.54) is 6.33 Å². The van der Waals surface area contributed by atoms with Crippen LogP contribution in [0, 0.1) is 6.92 Å². The summed E-state index contributed by atoms with van der Waals surface area (Å²) >= 11 is 0. The van der Waals surface area contributed by atoms with E-state index in [0.717, 1.165) is 22.3 Å². The van der Waals surface area contributed by atoms with Crippen molar-refractivity contribution in [2.45, 2.75) is 26.1 Å². The van der Waals surface area contributed by atoms with Crippen molar-refractivity contribution in [3.8, 4) is 0 Å². The van der Waals surface area contributed by atoms with Gasteiger partial charge < -0.3 is 9.64 Å². The van der Waals surface area contributed by atoms with Crippen LogP contribution in [-0.2, 0) is 4.74 Å². The SMILES string of the molecule is Cc1cccc2c(N3CC[C@H](OC(F)F)C3)ncnc12. The molecule has 1 aromatic carbocycles. The Morgan fingerprint density at radius 3 is 3.00 bits per heavy atom. The van der Waals surface area contributed by atoms with Crippen LogP contribution in [0.25, 0.3) is 10.9 Å².